The van der Waals surface area contributed by atoms with Gasteiger partial charge in [0.15, 0.2) is 0 Å². The number of pyridine rings is 2. The third-order valence-electron chi connectivity index (χ3n) is 3.20. The Hall–Kier alpha value is -1.78. The summed E-state index contributed by atoms with van der Waals surface area (Å²) in [4.78, 5) is 11.1. The molecule has 0 amide bonds. The zero-order valence-electron chi connectivity index (χ0n) is 12.9. The SMILES string of the molecule is CCCNCc1cccc(CN(C)Cc2cccnc2)n1. The quantitative estimate of drug-likeness (QED) is 0.757. The molecule has 4 heteroatoms. The number of aromatic nitrogens is 2. The van der Waals surface area contributed by atoms with Crippen LogP contribution in [0.25, 0.3) is 0 Å². The molecule has 0 bridgehead atoms. The first-order chi connectivity index (χ1) is 10.3. The molecule has 0 aliphatic heterocycles. The van der Waals surface area contributed by atoms with E-state index >= 15 is 0 Å². The Morgan fingerprint density at radius 1 is 1.10 bits per heavy atom. The molecule has 112 valence electrons. The van der Waals surface area contributed by atoms with Crippen molar-refractivity contribution in [3.05, 3.63) is 59.7 Å². The fourth-order valence-corrected chi connectivity index (χ4v) is 2.24. The zero-order valence-corrected chi connectivity index (χ0v) is 12.9. The minimum atomic E-state index is 0.841. The van der Waals surface area contributed by atoms with Crippen molar-refractivity contribution in [2.45, 2.75) is 33.0 Å². The Morgan fingerprint density at radius 2 is 1.95 bits per heavy atom. The number of hydrogen-bond donors (Lipinski definition) is 1. The monoisotopic (exact) mass is 284 g/mol. The molecule has 21 heavy (non-hydrogen) atoms. The van der Waals surface area contributed by atoms with E-state index in [1.807, 2.05) is 12.3 Å². The van der Waals surface area contributed by atoms with Crippen LogP contribution in [0.4, 0.5) is 0 Å². The largest absolute Gasteiger partial charge is 0.311 e. The van der Waals surface area contributed by atoms with Gasteiger partial charge in [0.1, 0.15) is 0 Å². The van der Waals surface area contributed by atoms with Crippen LogP contribution in [0.15, 0.2) is 42.7 Å². The molecule has 2 heterocycles. The Morgan fingerprint density at radius 3 is 2.71 bits per heavy atom. The maximum absolute atomic E-state index is 4.71. The Bertz CT molecular complexity index is 527. The summed E-state index contributed by atoms with van der Waals surface area (Å²) in [6, 6.07) is 10.3. The van der Waals surface area contributed by atoms with Crippen LogP contribution in [-0.2, 0) is 19.6 Å². The van der Waals surface area contributed by atoms with Gasteiger partial charge in [0.05, 0.1) is 11.4 Å². The highest BCUT2D eigenvalue weighted by molar-refractivity contribution is 5.12. The molecule has 0 saturated heterocycles. The first-order valence-corrected chi connectivity index (χ1v) is 7.51. The third kappa shape index (κ3) is 5.61. The Balaban J connectivity index is 1.88. The fraction of sp³-hybridized carbons (Fsp3) is 0.412. The highest BCUT2D eigenvalue weighted by atomic mass is 15.1. The molecular formula is C17H24N4. The number of hydrogen-bond acceptors (Lipinski definition) is 4. The summed E-state index contributed by atoms with van der Waals surface area (Å²) in [6.45, 7) is 5.77. The van der Waals surface area contributed by atoms with E-state index < -0.39 is 0 Å². The topological polar surface area (TPSA) is 41.0 Å². The smallest absolute Gasteiger partial charge is 0.0547 e. The van der Waals surface area contributed by atoms with Crippen LogP contribution < -0.4 is 5.32 Å². The van der Waals surface area contributed by atoms with Crippen LogP contribution in [0.3, 0.4) is 0 Å². The number of nitrogens with zero attached hydrogens (tertiary/aromatic N) is 3. The average molecular weight is 284 g/mol. The summed E-state index contributed by atoms with van der Waals surface area (Å²) in [5.74, 6) is 0. The number of nitrogens with one attached hydrogen (secondary N) is 1. The predicted octanol–water partition coefficient (Wildman–Crippen LogP) is 2.61. The van der Waals surface area contributed by atoms with Crippen LogP contribution in [0.2, 0.25) is 0 Å². The van der Waals surface area contributed by atoms with Gasteiger partial charge in [-0.25, -0.2) is 0 Å². The van der Waals surface area contributed by atoms with E-state index in [0.717, 1.165) is 44.0 Å². The first-order valence-electron chi connectivity index (χ1n) is 7.51. The van der Waals surface area contributed by atoms with Crippen molar-refractivity contribution in [1.29, 1.82) is 0 Å². The minimum absolute atomic E-state index is 0.841. The highest BCUT2D eigenvalue weighted by Gasteiger charge is 2.04. The van der Waals surface area contributed by atoms with Gasteiger partial charge in [0, 0.05) is 32.0 Å². The van der Waals surface area contributed by atoms with Crippen LogP contribution in [0.5, 0.6) is 0 Å². The van der Waals surface area contributed by atoms with E-state index in [4.69, 9.17) is 4.98 Å². The second-order valence-corrected chi connectivity index (χ2v) is 5.33. The van der Waals surface area contributed by atoms with Gasteiger partial charge in [-0.15, -0.1) is 0 Å². The highest BCUT2D eigenvalue weighted by Crippen LogP contribution is 2.06. The molecule has 0 radical (unpaired) electrons. The molecule has 0 spiro atoms. The van der Waals surface area contributed by atoms with Crippen LogP contribution in [0.1, 0.15) is 30.3 Å². The van der Waals surface area contributed by atoms with Gasteiger partial charge in [-0.1, -0.05) is 19.1 Å². The summed E-state index contributed by atoms with van der Waals surface area (Å²) in [6.07, 6.45) is 4.86. The molecule has 0 fully saturated rings. The standard InChI is InChI=1S/C17H24N4/c1-3-9-18-12-16-7-4-8-17(20-16)14-21(2)13-15-6-5-10-19-11-15/h4-8,10-11,18H,3,9,12-14H2,1-2H3. The van der Waals surface area contributed by atoms with E-state index in [1.165, 1.54) is 5.56 Å². The molecule has 1 N–H and O–H groups in total. The molecule has 2 aromatic rings. The fourth-order valence-electron chi connectivity index (χ4n) is 2.24. The average Bonchev–Trinajstić information content (AvgIpc) is 2.49. The molecule has 0 aromatic carbocycles. The normalized spacial score (nSPS) is 11.0. The molecule has 4 nitrogen and oxygen atoms in total. The number of rotatable bonds is 8. The summed E-state index contributed by atoms with van der Waals surface area (Å²) in [5.41, 5.74) is 3.44. The van der Waals surface area contributed by atoms with Crippen molar-refractivity contribution in [3.63, 3.8) is 0 Å². The second-order valence-electron chi connectivity index (χ2n) is 5.33. The van der Waals surface area contributed by atoms with Crippen LogP contribution in [-0.4, -0.2) is 28.5 Å². The van der Waals surface area contributed by atoms with Gasteiger partial charge >= 0.3 is 0 Å². The van der Waals surface area contributed by atoms with E-state index in [0.29, 0.717) is 0 Å². The Kier molecular flexibility index (Phi) is 6.31. The van der Waals surface area contributed by atoms with Crippen molar-refractivity contribution < 1.29 is 0 Å². The second kappa shape index (κ2) is 8.49. The van der Waals surface area contributed by atoms with Gasteiger partial charge in [0.25, 0.3) is 0 Å². The van der Waals surface area contributed by atoms with Crippen LogP contribution in [0, 0.1) is 0 Å². The van der Waals surface area contributed by atoms with Crippen molar-refractivity contribution >= 4 is 0 Å². The van der Waals surface area contributed by atoms with Crippen molar-refractivity contribution in [2.75, 3.05) is 13.6 Å². The summed E-state index contributed by atoms with van der Waals surface area (Å²) in [5, 5.41) is 3.39. The summed E-state index contributed by atoms with van der Waals surface area (Å²) < 4.78 is 0. The van der Waals surface area contributed by atoms with Crippen LogP contribution >= 0.6 is 0 Å². The van der Waals surface area contributed by atoms with Gasteiger partial charge < -0.3 is 5.32 Å². The predicted molar refractivity (Wildman–Crippen MR) is 85.6 cm³/mol. The molecule has 0 aliphatic carbocycles. The van der Waals surface area contributed by atoms with E-state index in [-0.39, 0.29) is 0 Å². The van der Waals surface area contributed by atoms with Gasteiger partial charge in [-0.05, 0) is 43.8 Å². The summed E-state index contributed by atoms with van der Waals surface area (Å²) in [7, 11) is 2.11. The van der Waals surface area contributed by atoms with E-state index in [2.05, 4.69) is 53.4 Å². The maximum atomic E-state index is 4.71. The molecule has 0 unspecified atom stereocenters. The lowest BCUT2D eigenvalue weighted by atomic mass is 10.2. The molecular weight excluding hydrogens is 260 g/mol. The van der Waals surface area contributed by atoms with Crippen molar-refractivity contribution in [1.82, 2.24) is 20.2 Å². The molecule has 2 aromatic heterocycles. The van der Waals surface area contributed by atoms with Gasteiger partial charge in [0.2, 0.25) is 0 Å². The lowest BCUT2D eigenvalue weighted by molar-refractivity contribution is 0.314. The maximum Gasteiger partial charge on any atom is 0.0547 e. The lowest BCUT2D eigenvalue weighted by Gasteiger charge is -2.16. The summed E-state index contributed by atoms with van der Waals surface area (Å²) >= 11 is 0. The van der Waals surface area contributed by atoms with E-state index in [1.54, 1.807) is 6.20 Å². The molecule has 0 aliphatic rings. The van der Waals surface area contributed by atoms with E-state index in [9.17, 15) is 0 Å². The van der Waals surface area contributed by atoms with Crippen molar-refractivity contribution in [3.8, 4) is 0 Å². The van der Waals surface area contributed by atoms with Gasteiger partial charge in [-0.3, -0.25) is 14.9 Å². The Labute approximate surface area is 127 Å². The van der Waals surface area contributed by atoms with Gasteiger partial charge in [-0.2, -0.15) is 0 Å². The minimum Gasteiger partial charge on any atom is -0.311 e. The lowest BCUT2D eigenvalue weighted by Crippen LogP contribution is -2.19. The van der Waals surface area contributed by atoms with Crippen molar-refractivity contribution in [2.24, 2.45) is 0 Å². The zero-order chi connectivity index (χ0) is 14.9. The first kappa shape index (κ1) is 15.6. The molecule has 0 atom stereocenters. The molecule has 2 rings (SSSR count). The molecule has 0 saturated carbocycles. The third-order valence-corrected chi connectivity index (χ3v) is 3.20.